The van der Waals surface area contributed by atoms with Crippen molar-refractivity contribution >= 4 is 5.91 Å². The van der Waals surface area contributed by atoms with E-state index in [4.69, 9.17) is 0 Å². The van der Waals surface area contributed by atoms with Gasteiger partial charge in [-0.25, -0.2) is 0 Å². The summed E-state index contributed by atoms with van der Waals surface area (Å²) in [5.74, 6) is 1.24. The zero-order valence-corrected chi connectivity index (χ0v) is 12.8. The Hall–Kier alpha value is -0.610. The monoisotopic (exact) mass is 282 g/mol. The van der Waals surface area contributed by atoms with Crippen LogP contribution in [-0.2, 0) is 4.79 Å². The third-order valence-electron chi connectivity index (χ3n) is 5.30. The number of hydrogen-bond donors (Lipinski definition) is 3. The Morgan fingerprint density at radius 3 is 2.40 bits per heavy atom. The van der Waals surface area contributed by atoms with Gasteiger partial charge in [-0.2, -0.15) is 0 Å². The fourth-order valence-electron chi connectivity index (χ4n) is 3.37. The van der Waals surface area contributed by atoms with Gasteiger partial charge in [0.05, 0.1) is 13.2 Å². The lowest BCUT2D eigenvalue weighted by atomic mass is 9.76. The average molecular weight is 282 g/mol. The van der Waals surface area contributed by atoms with Crippen LogP contribution in [0.5, 0.6) is 0 Å². The standard InChI is InChI=1S/C16H30N2O2/c1-16(12-19,14-8-3-2-4-9-14)18-11-15(20)17-10-13-6-5-7-13/h13-14,18-19H,2-12H2,1H3,(H,17,20)/t16-/m1/s1. The Kier molecular flexibility index (Phi) is 5.85. The molecule has 0 unspecified atom stereocenters. The van der Waals surface area contributed by atoms with Crippen LogP contribution in [0.1, 0.15) is 58.3 Å². The highest BCUT2D eigenvalue weighted by molar-refractivity contribution is 5.78. The van der Waals surface area contributed by atoms with Gasteiger partial charge in [0.1, 0.15) is 0 Å². The maximum Gasteiger partial charge on any atom is 0.233 e. The average Bonchev–Trinajstić information content (AvgIpc) is 2.44. The summed E-state index contributed by atoms with van der Waals surface area (Å²) in [5.41, 5.74) is -0.311. The maximum atomic E-state index is 11.9. The lowest BCUT2D eigenvalue weighted by Crippen LogP contribution is -2.55. The van der Waals surface area contributed by atoms with Gasteiger partial charge in [0.15, 0.2) is 0 Å². The van der Waals surface area contributed by atoms with Gasteiger partial charge in [-0.1, -0.05) is 25.7 Å². The summed E-state index contributed by atoms with van der Waals surface area (Å²) in [6, 6.07) is 0. The molecule has 4 nitrogen and oxygen atoms in total. The van der Waals surface area contributed by atoms with Gasteiger partial charge in [0.2, 0.25) is 5.91 Å². The molecule has 20 heavy (non-hydrogen) atoms. The van der Waals surface area contributed by atoms with Crippen molar-refractivity contribution in [1.29, 1.82) is 0 Å². The van der Waals surface area contributed by atoms with E-state index in [1.807, 2.05) is 0 Å². The van der Waals surface area contributed by atoms with Gasteiger partial charge in [-0.15, -0.1) is 0 Å². The van der Waals surface area contributed by atoms with Crippen LogP contribution in [0.3, 0.4) is 0 Å². The molecule has 2 saturated carbocycles. The zero-order valence-electron chi connectivity index (χ0n) is 12.8. The van der Waals surface area contributed by atoms with Crippen molar-refractivity contribution in [1.82, 2.24) is 10.6 Å². The molecule has 2 aliphatic rings. The van der Waals surface area contributed by atoms with Gasteiger partial charge in [0.25, 0.3) is 0 Å². The molecule has 2 rings (SSSR count). The highest BCUT2D eigenvalue weighted by Gasteiger charge is 2.34. The van der Waals surface area contributed by atoms with Gasteiger partial charge < -0.3 is 15.7 Å². The van der Waals surface area contributed by atoms with Crippen molar-refractivity contribution in [3.63, 3.8) is 0 Å². The van der Waals surface area contributed by atoms with Crippen molar-refractivity contribution in [3.8, 4) is 0 Å². The molecule has 2 aliphatic carbocycles. The van der Waals surface area contributed by atoms with E-state index >= 15 is 0 Å². The van der Waals surface area contributed by atoms with E-state index in [0.29, 0.717) is 18.4 Å². The van der Waals surface area contributed by atoms with E-state index in [1.54, 1.807) is 0 Å². The van der Waals surface area contributed by atoms with Gasteiger partial charge in [0, 0.05) is 12.1 Å². The largest absolute Gasteiger partial charge is 0.394 e. The Morgan fingerprint density at radius 2 is 1.85 bits per heavy atom. The van der Waals surface area contributed by atoms with Crippen LogP contribution < -0.4 is 10.6 Å². The molecular formula is C16H30N2O2. The van der Waals surface area contributed by atoms with Gasteiger partial charge >= 0.3 is 0 Å². The van der Waals surface area contributed by atoms with Crippen molar-refractivity contribution in [3.05, 3.63) is 0 Å². The second-order valence-electron chi connectivity index (χ2n) is 6.87. The Bertz CT molecular complexity index is 312. The molecule has 0 radical (unpaired) electrons. The van der Waals surface area contributed by atoms with E-state index in [2.05, 4.69) is 17.6 Å². The summed E-state index contributed by atoms with van der Waals surface area (Å²) < 4.78 is 0. The molecule has 0 aromatic rings. The minimum Gasteiger partial charge on any atom is -0.394 e. The molecule has 0 aromatic carbocycles. The van der Waals surface area contributed by atoms with E-state index in [-0.39, 0.29) is 18.1 Å². The molecule has 0 aliphatic heterocycles. The fraction of sp³-hybridized carbons (Fsp3) is 0.938. The SMILES string of the molecule is C[C@](CO)(NCC(=O)NCC1CCC1)C1CCCCC1. The highest BCUT2D eigenvalue weighted by atomic mass is 16.3. The quantitative estimate of drug-likeness (QED) is 0.667. The van der Waals surface area contributed by atoms with Crippen LogP contribution in [0.4, 0.5) is 0 Å². The molecule has 3 N–H and O–H groups in total. The molecule has 1 atom stereocenters. The molecular weight excluding hydrogens is 252 g/mol. The summed E-state index contributed by atoms with van der Waals surface area (Å²) in [4.78, 5) is 11.9. The summed E-state index contributed by atoms with van der Waals surface area (Å²) in [6.45, 7) is 3.30. The van der Waals surface area contributed by atoms with Crippen LogP contribution in [0.2, 0.25) is 0 Å². The van der Waals surface area contributed by atoms with Crippen LogP contribution in [0.15, 0.2) is 0 Å². The van der Waals surface area contributed by atoms with Gasteiger partial charge in [-0.05, 0) is 44.4 Å². The lowest BCUT2D eigenvalue weighted by molar-refractivity contribution is -0.121. The smallest absolute Gasteiger partial charge is 0.233 e. The number of nitrogens with one attached hydrogen (secondary N) is 2. The molecule has 2 fully saturated rings. The van der Waals surface area contributed by atoms with Gasteiger partial charge in [-0.3, -0.25) is 4.79 Å². The first-order chi connectivity index (χ1) is 9.64. The number of aliphatic hydroxyl groups excluding tert-OH is 1. The zero-order chi connectivity index (χ0) is 14.4. The second kappa shape index (κ2) is 7.41. The fourth-order valence-corrected chi connectivity index (χ4v) is 3.37. The van der Waals surface area contributed by atoms with Crippen molar-refractivity contribution < 1.29 is 9.90 Å². The van der Waals surface area contributed by atoms with Crippen molar-refractivity contribution in [2.24, 2.45) is 11.8 Å². The number of carbonyl (C=O) groups excluding carboxylic acids is 1. The van der Waals surface area contributed by atoms with E-state index in [1.165, 1.54) is 38.5 Å². The number of carbonyl (C=O) groups is 1. The molecule has 0 saturated heterocycles. The highest BCUT2D eigenvalue weighted by Crippen LogP contribution is 2.32. The molecule has 0 heterocycles. The number of rotatable bonds is 7. The molecule has 0 aromatic heterocycles. The summed E-state index contributed by atoms with van der Waals surface area (Å²) in [6.07, 6.45) is 9.93. The predicted octanol–water partition coefficient (Wildman–Crippen LogP) is 1.82. The van der Waals surface area contributed by atoms with Crippen LogP contribution >= 0.6 is 0 Å². The van der Waals surface area contributed by atoms with Crippen LogP contribution in [-0.4, -0.2) is 36.2 Å². The summed E-state index contributed by atoms with van der Waals surface area (Å²) in [7, 11) is 0. The number of amides is 1. The first kappa shape index (κ1) is 15.8. The molecule has 0 bridgehead atoms. The predicted molar refractivity (Wildman–Crippen MR) is 80.4 cm³/mol. The normalized spacial score (nSPS) is 23.9. The van der Waals surface area contributed by atoms with E-state index in [9.17, 15) is 9.90 Å². The summed E-state index contributed by atoms with van der Waals surface area (Å²) >= 11 is 0. The lowest BCUT2D eigenvalue weighted by Gasteiger charge is -2.39. The van der Waals surface area contributed by atoms with Crippen LogP contribution in [0.25, 0.3) is 0 Å². The van der Waals surface area contributed by atoms with E-state index < -0.39 is 0 Å². The Balaban J connectivity index is 1.72. The maximum absolute atomic E-state index is 11.9. The Morgan fingerprint density at radius 1 is 1.15 bits per heavy atom. The first-order valence-electron chi connectivity index (χ1n) is 8.26. The van der Waals surface area contributed by atoms with E-state index in [0.717, 1.165) is 19.4 Å². The summed E-state index contributed by atoms with van der Waals surface area (Å²) in [5, 5.41) is 16.0. The number of aliphatic hydroxyl groups is 1. The number of hydrogen-bond acceptors (Lipinski definition) is 3. The third kappa shape index (κ3) is 4.19. The molecule has 1 amide bonds. The minimum absolute atomic E-state index is 0.0624. The molecule has 0 spiro atoms. The van der Waals surface area contributed by atoms with Crippen molar-refractivity contribution in [2.75, 3.05) is 19.7 Å². The Labute approximate surface area is 122 Å². The molecule has 116 valence electrons. The van der Waals surface area contributed by atoms with Crippen molar-refractivity contribution in [2.45, 2.75) is 63.8 Å². The first-order valence-corrected chi connectivity index (χ1v) is 8.26. The minimum atomic E-state index is -0.311. The van der Waals surface area contributed by atoms with Crippen LogP contribution in [0, 0.1) is 11.8 Å². The second-order valence-corrected chi connectivity index (χ2v) is 6.87. The molecule has 4 heteroatoms. The topological polar surface area (TPSA) is 61.4 Å². The third-order valence-corrected chi connectivity index (χ3v) is 5.30.